The molecular weight excluding hydrogens is 505 g/mol. The van der Waals surface area contributed by atoms with Crippen LogP contribution in [0.3, 0.4) is 0 Å². The topological polar surface area (TPSA) is 116 Å². The van der Waals surface area contributed by atoms with Gasteiger partial charge in [0.2, 0.25) is 10.0 Å². The molecule has 0 aliphatic rings. The van der Waals surface area contributed by atoms with Gasteiger partial charge in [-0.05, 0) is 31.3 Å². The van der Waals surface area contributed by atoms with Gasteiger partial charge in [0, 0.05) is 22.0 Å². The number of nitrogens with one attached hydrogen (secondary N) is 1. The van der Waals surface area contributed by atoms with Crippen LogP contribution in [-0.4, -0.2) is 51.6 Å². The third-order valence-electron chi connectivity index (χ3n) is 4.04. The number of hydrogen-bond donors (Lipinski definition) is 2. The lowest BCUT2D eigenvalue weighted by Crippen LogP contribution is -2.18. The predicted molar refractivity (Wildman–Crippen MR) is 122 cm³/mol. The van der Waals surface area contributed by atoms with Crippen molar-refractivity contribution in [3.05, 3.63) is 41.8 Å². The quantitative estimate of drug-likeness (QED) is 0.281. The van der Waals surface area contributed by atoms with Gasteiger partial charge in [0.1, 0.15) is 11.5 Å². The number of sulfonamides is 1. The van der Waals surface area contributed by atoms with E-state index in [0.29, 0.717) is 28.4 Å². The summed E-state index contributed by atoms with van der Waals surface area (Å²) in [6.07, 6.45) is -2.89. The summed E-state index contributed by atoms with van der Waals surface area (Å²) in [5.74, 6) is 0.163. The number of thioether (sulfide) groups is 1. The van der Waals surface area contributed by atoms with Gasteiger partial charge in [-0.25, -0.2) is 23.1 Å². The van der Waals surface area contributed by atoms with Crippen LogP contribution in [0.25, 0.3) is 10.9 Å². The minimum Gasteiger partial charge on any atom is -0.493 e. The third-order valence-corrected chi connectivity index (χ3v) is 6.91. The number of benzene rings is 2. The van der Waals surface area contributed by atoms with Crippen LogP contribution >= 0.6 is 23.4 Å². The smallest absolute Gasteiger partial charge is 0.398 e. The fourth-order valence-electron chi connectivity index (χ4n) is 2.45. The molecular formula is C19H20ClF3N4O4S2. The summed E-state index contributed by atoms with van der Waals surface area (Å²) in [5.41, 5.74) is 6.25. The SMILES string of the molecule is CNS(=O)(=O)c1ccc(SCC(F)(F)F)c(N)c1.COc1cc2ncnc(Cl)c2cc1OC. The van der Waals surface area contributed by atoms with Crippen LogP contribution in [-0.2, 0) is 10.0 Å². The summed E-state index contributed by atoms with van der Waals surface area (Å²) in [4.78, 5) is 8.10. The van der Waals surface area contributed by atoms with Crippen LogP contribution in [0.4, 0.5) is 18.9 Å². The molecule has 3 rings (SSSR count). The molecule has 3 aromatic rings. The van der Waals surface area contributed by atoms with Crippen LogP contribution in [0, 0.1) is 0 Å². The van der Waals surface area contributed by atoms with Crippen LogP contribution < -0.4 is 19.9 Å². The second-order valence-corrected chi connectivity index (χ2v) is 9.46. The Hall–Kier alpha value is -2.48. The Morgan fingerprint density at radius 1 is 1.12 bits per heavy atom. The van der Waals surface area contributed by atoms with Crippen LogP contribution in [0.2, 0.25) is 5.15 Å². The van der Waals surface area contributed by atoms with Gasteiger partial charge in [0.05, 0.1) is 30.4 Å². The van der Waals surface area contributed by atoms with E-state index in [-0.39, 0.29) is 15.5 Å². The zero-order chi connectivity index (χ0) is 24.8. The molecule has 14 heteroatoms. The highest BCUT2D eigenvalue weighted by atomic mass is 35.5. The first-order valence-electron chi connectivity index (χ1n) is 8.96. The number of nitrogens with two attached hydrogens (primary N) is 1. The van der Waals surface area contributed by atoms with Crippen molar-refractivity contribution in [2.45, 2.75) is 16.0 Å². The average molecular weight is 525 g/mol. The standard InChI is InChI=1S/C10H9ClN2O2.C9H11F3N2O2S2/c1-14-8-3-6-7(4-9(8)15-2)12-5-13-10(6)11;1-14-18(15,16)6-2-3-8(7(13)4-6)17-5-9(10,11)12/h3-5H,1-2H3;2-4,14H,5,13H2,1H3. The normalized spacial score (nSPS) is 11.6. The van der Waals surface area contributed by atoms with E-state index < -0.39 is 22.0 Å². The van der Waals surface area contributed by atoms with Gasteiger partial charge < -0.3 is 15.2 Å². The number of aromatic nitrogens is 2. The Labute approximate surface area is 197 Å². The van der Waals surface area contributed by atoms with E-state index >= 15 is 0 Å². The molecule has 1 aromatic heterocycles. The number of alkyl halides is 3. The first-order valence-corrected chi connectivity index (χ1v) is 11.8. The number of methoxy groups -OCH3 is 2. The third kappa shape index (κ3) is 7.25. The molecule has 2 aromatic carbocycles. The second kappa shape index (κ2) is 11.1. The highest BCUT2D eigenvalue weighted by Crippen LogP contribution is 2.33. The molecule has 0 amide bonds. The van der Waals surface area contributed by atoms with Gasteiger partial charge in [-0.3, -0.25) is 0 Å². The lowest BCUT2D eigenvalue weighted by atomic mass is 10.2. The summed E-state index contributed by atoms with van der Waals surface area (Å²) >= 11 is 6.45. The van der Waals surface area contributed by atoms with E-state index in [1.807, 2.05) is 0 Å². The molecule has 0 aliphatic carbocycles. The zero-order valence-electron chi connectivity index (χ0n) is 17.6. The number of anilines is 1. The predicted octanol–water partition coefficient (Wildman–Crippen LogP) is 4.13. The van der Waals surface area contributed by atoms with E-state index in [2.05, 4.69) is 14.7 Å². The van der Waals surface area contributed by atoms with Crippen molar-refractivity contribution in [3.8, 4) is 11.5 Å². The molecule has 0 spiro atoms. The number of ether oxygens (including phenoxy) is 2. The largest absolute Gasteiger partial charge is 0.493 e. The second-order valence-electron chi connectivity index (χ2n) is 6.20. The summed E-state index contributed by atoms with van der Waals surface area (Å²) in [5, 5.41) is 1.15. The minimum atomic E-state index is -4.30. The fraction of sp³-hybridized carbons (Fsp3) is 0.263. The molecule has 1 heterocycles. The van der Waals surface area contributed by atoms with Crippen LogP contribution in [0.5, 0.6) is 11.5 Å². The number of hydrogen-bond acceptors (Lipinski definition) is 8. The molecule has 0 atom stereocenters. The van der Waals surface area contributed by atoms with E-state index in [4.69, 9.17) is 26.8 Å². The van der Waals surface area contributed by atoms with Crippen molar-refractivity contribution in [2.24, 2.45) is 0 Å². The van der Waals surface area contributed by atoms with E-state index in [1.54, 1.807) is 26.4 Å². The summed E-state index contributed by atoms with van der Waals surface area (Å²) in [7, 11) is 0.738. The van der Waals surface area contributed by atoms with Gasteiger partial charge in [-0.15, -0.1) is 11.8 Å². The lowest BCUT2D eigenvalue weighted by molar-refractivity contribution is -0.105. The van der Waals surface area contributed by atoms with Gasteiger partial charge in [0.15, 0.2) is 11.5 Å². The Bertz CT molecular complexity index is 1230. The maximum Gasteiger partial charge on any atom is 0.398 e. The molecule has 3 N–H and O–H groups in total. The van der Waals surface area contributed by atoms with Crippen molar-refractivity contribution in [2.75, 3.05) is 32.8 Å². The summed E-state index contributed by atoms with van der Waals surface area (Å²) in [6.45, 7) is 0. The molecule has 180 valence electrons. The lowest BCUT2D eigenvalue weighted by Gasteiger charge is -2.09. The van der Waals surface area contributed by atoms with Gasteiger partial charge in [-0.1, -0.05) is 11.6 Å². The molecule has 0 saturated carbocycles. The van der Waals surface area contributed by atoms with Crippen LogP contribution in [0.15, 0.2) is 46.5 Å². The number of rotatable bonds is 6. The number of nitrogens with zero attached hydrogens (tertiary/aromatic N) is 2. The van der Waals surface area contributed by atoms with E-state index in [0.717, 1.165) is 17.0 Å². The fourth-order valence-corrected chi connectivity index (χ4v) is 4.12. The van der Waals surface area contributed by atoms with Crippen molar-refractivity contribution >= 4 is 50.0 Å². The Balaban J connectivity index is 0.000000237. The van der Waals surface area contributed by atoms with Crippen molar-refractivity contribution in [1.82, 2.24) is 14.7 Å². The molecule has 0 aliphatic heterocycles. The summed E-state index contributed by atoms with van der Waals surface area (Å²) in [6, 6.07) is 7.12. The first-order chi connectivity index (χ1) is 15.4. The number of halogens is 4. The Kier molecular flexibility index (Phi) is 9.00. The number of nitrogen functional groups attached to an aromatic ring is 1. The van der Waals surface area contributed by atoms with Gasteiger partial charge >= 0.3 is 6.18 Å². The maximum absolute atomic E-state index is 12.0. The average Bonchev–Trinajstić information content (AvgIpc) is 2.77. The monoisotopic (exact) mass is 524 g/mol. The Morgan fingerprint density at radius 3 is 2.30 bits per heavy atom. The van der Waals surface area contributed by atoms with Gasteiger partial charge in [0.25, 0.3) is 0 Å². The molecule has 0 radical (unpaired) electrons. The van der Waals surface area contributed by atoms with Crippen molar-refractivity contribution in [3.63, 3.8) is 0 Å². The maximum atomic E-state index is 12.0. The molecule has 33 heavy (non-hydrogen) atoms. The zero-order valence-corrected chi connectivity index (χ0v) is 20.0. The molecule has 0 saturated heterocycles. The highest BCUT2D eigenvalue weighted by Gasteiger charge is 2.27. The van der Waals surface area contributed by atoms with Crippen molar-refractivity contribution < 1.29 is 31.1 Å². The molecule has 0 fully saturated rings. The minimum absolute atomic E-state index is 0.000532. The van der Waals surface area contributed by atoms with E-state index in [1.165, 1.54) is 25.5 Å². The molecule has 0 bridgehead atoms. The van der Waals surface area contributed by atoms with Gasteiger partial charge in [-0.2, -0.15) is 13.2 Å². The first kappa shape index (κ1) is 26.8. The molecule has 0 unspecified atom stereocenters. The van der Waals surface area contributed by atoms with Crippen LogP contribution in [0.1, 0.15) is 0 Å². The number of fused-ring (bicyclic) bond motifs is 1. The highest BCUT2D eigenvalue weighted by molar-refractivity contribution is 7.99. The Morgan fingerprint density at radius 2 is 1.76 bits per heavy atom. The van der Waals surface area contributed by atoms with Crippen molar-refractivity contribution in [1.29, 1.82) is 0 Å². The molecule has 8 nitrogen and oxygen atoms in total. The summed E-state index contributed by atoms with van der Waals surface area (Å²) < 4.78 is 71.3. The van der Waals surface area contributed by atoms with E-state index in [9.17, 15) is 21.6 Å².